The standard InChI is InChI=1S/C12H15ClN2O4S/c1-8(6-9-2-3-9)14-20(18,19)10-4-5-11(13)12(7-10)15(16)17/h4-5,7-9,14H,2-3,6H2,1H3. The minimum Gasteiger partial charge on any atom is -0.258 e. The Labute approximate surface area is 122 Å². The first-order chi connectivity index (χ1) is 9.29. The van der Waals surface area contributed by atoms with Crippen molar-refractivity contribution >= 4 is 27.3 Å². The predicted octanol–water partition coefficient (Wildman–Crippen LogP) is 2.72. The molecule has 0 amide bonds. The molecule has 1 atom stereocenters. The van der Waals surface area contributed by atoms with Crippen LogP contribution in [0, 0.1) is 16.0 Å². The molecule has 0 bridgehead atoms. The summed E-state index contributed by atoms with van der Waals surface area (Å²) in [6.07, 6.45) is 3.06. The summed E-state index contributed by atoms with van der Waals surface area (Å²) in [5.41, 5.74) is -0.413. The van der Waals surface area contributed by atoms with E-state index in [2.05, 4.69) is 4.72 Å². The SMILES string of the molecule is CC(CC1CC1)NS(=O)(=O)c1ccc(Cl)c([N+](=O)[O-])c1. The molecule has 0 heterocycles. The van der Waals surface area contributed by atoms with Crippen LogP contribution in [-0.4, -0.2) is 19.4 Å². The van der Waals surface area contributed by atoms with Crippen LogP contribution < -0.4 is 4.72 Å². The van der Waals surface area contributed by atoms with Crippen molar-refractivity contribution in [3.8, 4) is 0 Å². The number of nitro benzene ring substituents is 1. The quantitative estimate of drug-likeness (QED) is 0.645. The summed E-state index contributed by atoms with van der Waals surface area (Å²) in [6.45, 7) is 1.79. The minimum absolute atomic E-state index is 0.0834. The molecule has 0 spiro atoms. The van der Waals surface area contributed by atoms with Gasteiger partial charge in [0.15, 0.2) is 0 Å². The normalized spacial score (nSPS) is 16.9. The van der Waals surface area contributed by atoms with Crippen LogP contribution >= 0.6 is 11.6 Å². The molecule has 1 aliphatic rings. The van der Waals surface area contributed by atoms with Gasteiger partial charge in [-0.2, -0.15) is 0 Å². The summed E-state index contributed by atoms with van der Waals surface area (Å²) in [6, 6.07) is 3.28. The van der Waals surface area contributed by atoms with E-state index in [9.17, 15) is 18.5 Å². The monoisotopic (exact) mass is 318 g/mol. The van der Waals surface area contributed by atoms with Gasteiger partial charge in [-0.05, 0) is 31.4 Å². The number of hydrogen-bond donors (Lipinski definition) is 1. The van der Waals surface area contributed by atoms with Crippen molar-refractivity contribution in [3.05, 3.63) is 33.3 Å². The van der Waals surface area contributed by atoms with Gasteiger partial charge in [0.25, 0.3) is 5.69 Å². The molecule has 1 N–H and O–H groups in total. The smallest absolute Gasteiger partial charge is 0.258 e. The van der Waals surface area contributed by atoms with E-state index in [1.165, 1.54) is 12.1 Å². The van der Waals surface area contributed by atoms with E-state index < -0.39 is 20.6 Å². The van der Waals surface area contributed by atoms with Crippen molar-refractivity contribution in [2.24, 2.45) is 5.92 Å². The lowest BCUT2D eigenvalue weighted by atomic mass is 10.2. The highest BCUT2D eigenvalue weighted by Gasteiger charge is 2.27. The highest BCUT2D eigenvalue weighted by atomic mass is 35.5. The molecule has 2 rings (SSSR count). The van der Waals surface area contributed by atoms with E-state index in [0.29, 0.717) is 5.92 Å². The number of nitro groups is 1. The number of nitrogens with zero attached hydrogens (tertiary/aromatic N) is 1. The van der Waals surface area contributed by atoms with E-state index in [-0.39, 0.29) is 16.0 Å². The molecule has 6 nitrogen and oxygen atoms in total. The number of sulfonamides is 1. The maximum Gasteiger partial charge on any atom is 0.289 e. The van der Waals surface area contributed by atoms with E-state index in [4.69, 9.17) is 11.6 Å². The number of hydrogen-bond acceptors (Lipinski definition) is 4. The molecule has 1 saturated carbocycles. The third-order valence-electron chi connectivity index (χ3n) is 3.16. The highest BCUT2D eigenvalue weighted by molar-refractivity contribution is 7.89. The van der Waals surface area contributed by atoms with Gasteiger partial charge >= 0.3 is 0 Å². The van der Waals surface area contributed by atoms with Gasteiger partial charge in [0.05, 0.1) is 9.82 Å². The highest BCUT2D eigenvalue weighted by Crippen LogP contribution is 2.34. The van der Waals surface area contributed by atoms with Gasteiger partial charge in [-0.15, -0.1) is 0 Å². The molecule has 1 fully saturated rings. The molecule has 110 valence electrons. The first kappa shape index (κ1) is 15.2. The lowest BCUT2D eigenvalue weighted by molar-refractivity contribution is -0.384. The molecule has 0 aromatic heterocycles. The molecule has 1 aromatic rings. The molecular formula is C12H15ClN2O4S. The summed E-state index contributed by atoms with van der Waals surface area (Å²) >= 11 is 5.67. The summed E-state index contributed by atoms with van der Waals surface area (Å²) < 4.78 is 26.8. The maximum atomic E-state index is 12.2. The Hall–Kier alpha value is -1.18. The molecule has 0 saturated heterocycles. The molecule has 0 aliphatic heterocycles. The minimum atomic E-state index is -3.76. The van der Waals surface area contributed by atoms with Crippen molar-refractivity contribution in [3.63, 3.8) is 0 Å². The molecule has 1 aromatic carbocycles. The number of nitrogens with one attached hydrogen (secondary N) is 1. The van der Waals surface area contributed by atoms with Crippen LogP contribution in [0.4, 0.5) is 5.69 Å². The topological polar surface area (TPSA) is 89.3 Å². The van der Waals surface area contributed by atoms with Gasteiger partial charge in [0, 0.05) is 12.1 Å². The van der Waals surface area contributed by atoms with Crippen LogP contribution in [0.3, 0.4) is 0 Å². The van der Waals surface area contributed by atoms with E-state index >= 15 is 0 Å². The zero-order valence-corrected chi connectivity index (χ0v) is 12.4. The first-order valence-corrected chi connectivity index (χ1v) is 8.12. The molecule has 20 heavy (non-hydrogen) atoms. The van der Waals surface area contributed by atoms with Crippen LogP contribution in [0.25, 0.3) is 0 Å². The second-order valence-electron chi connectivity index (χ2n) is 5.07. The van der Waals surface area contributed by atoms with Crippen molar-refractivity contribution in [1.29, 1.82) is 0 Å². The van der Waals surface area contributed by atoms with Crippen LogP contribution in [0.1, 0.15) is 26.2 Å². The summed E-state index contributed by atoms with van der Waals surface area (Å²) in [7, 11) is -3.76. The third-order valence-corrected chi connectivity index (χ3v) is 5.07. The lowest BCUT2D eigenvalue weighted by Crippen LogP contribution is -2.32. The Morgan fingerprint density at radius 2 is 2.15 bits per heavy atom. The largest absolute Gasteiger partial charge is 0.289 e. The Bertz CT molecular complexity index is 628. The van der Waals surface area contributed by atoms with E-state index in [0.717, 1.165) is 25.3 Å². The first-order valence-electron chi connectivity index (χ1n) is 6.26. The van der Waals surface area contributed by atoms with Crippen LogP contribution in [0.15, 0.2) is 23.1 Å². The van der Waals surface area contributed by atoms with Gasteiger partial charge < -0.3 is 0 Å². The predicted molar refractivity (Wildman–Crippen MR) is 75.2 cm³/mol. The van der Waals surface area contributed by atoms with Gasteiger partial charge in [0.1, 0.15) is 5.02 Å². The number of halogens is 1. The van der Waals surface area contributed by atoms with Gasteiger partial charge in [-0.25, -0.2) is 13.1 Å². The Balaban J connectivity index is 2.19. The second kappa shape index (κ2) is 5.67. The Kier molecular flexibility index (Phi) is 4.31. The maximum absolute atomic E-state index is 12.2. The Morgan fingerprint density at radius 3 is 2.70 bits per heavy atom. The fraction of sp³-hybridized carbons (Fsp3) is 0.500. The number of benzene rings is 1. The van der Waals surface area contributed by atoms with Crippen molar-refractivity contribution in [1.82, 2.24) is 4.72 Å². The zero-order valence-electron chi connectivity index (χ0n) is 10.9. The van der Waals surface area contributed by atoms with Crippen molar-refractivity contribution < 1.29 is 13.3 Å². The lowest BCUT2D eigenvalue weighted by Gasteiger charge is -2.13. The molecule has 0 radical (unpaired) electrons. The number of rotatable bonds is 6. The van der Waals surface area contributed by atoms with Crippen molar-refractivity contribution in [2.75, 3.05) is 0 Å². The van der Waals surface area contributed by atoms with E-state index in [1.807, 2.05) is 0 Å². The van der Waals surface area contributed by atoms with Crippen LogP contribution in [0.2, 0.25) is 5.02 Å². The second-order valence-corrected chi connectivity index (χ2v) is 7.19. The fourth-order valence-electron chi connectivity index (χ4n) is 2.03. The molecule has 1 aliphatic carbocycles. The summed E-state index contributed by atoms with van der Waals surface area (Å²) in [4.78, 5) is 9.94. The van der Waals surface area contributed by atoms with Gasteiger partial charge in [-0.3, -0.25) is 10.1 Å². The average molecular weight is 319 g/mol. The Morgan fingerprint density at radius 1 is 1.50 bits per heavy atom. The zero-order chi connectivity index (χ0) is 14.9. The van der Waals surface area contributed by atoms with Crippen molar-refractivity contribution in [2.45, 2.75) is 37.1 Å². The van der Waals surface area contributed by atoms with Gasteiger partial charge in [-0.1, -0.05) is 24.4 Å². The third kappa shape index (κ3) is 3.68. The van der Waals surface area contributed by atoms with Crippen LogP contribution in [-0.2, 0) is 10.0 Å². The molecule has 8 heteroatoms. The summed E-state index contributed by atoms with van der Waals surface area (Å²) in [5.74, 6) is 0.590. The van der Waals surface area contributed by atoms with Crippen LogP contribution in [0.5, 0.6) is 0 Å². The molecule has 1 unspecified atom stereocenters. The average Bonchev–Trinajstić information content (AvgIpc) is 3.11. The van der Waals surface area contributed by atoms with Gasteiger partial charge in [0.2, 0.25) is 10.0 Å². The van der Waals surface area contributed by atoms with E-state index in [1.54, 1.807) is 6.92 Å². The summed E-state index contributed by atoms with van der Waals surface area (Å²) in [5, 5.41) is 10.7. The molecular weight excluding hydrogens is 304 g/mol. The fourth-order valence-corrected chi connectivity index (χ4v) is 3.50.